The van der Waals surface area contributed by atoms with Gasteiger partial charge < -0.3 is 9.73 Å². The van der Waals surface area contributed by atoms with Crippen LogP contribution in [0.2, 0.25) is 0 Å². The van der Waals surface area contributed by atoms with Crippen molar-refractivity contribution in [3.8, 4) is 0 Å². The Balaban J connectivity index is 1.82. The molecule has 1 N–H and O–H groups in total. The number of carbonyl (C=O) groups excluding carboxylic acids is 1. The van der Waals surface area contributed by atoms with Gasteiger partial charge in [-0.2, -0.15) is 0 Å². The maximum Gasteiger partial charge on any atom is 0.262 e. The third-order valence-corrected chi connectivity index (χ3v) is 4.90. The zero-order valence-electron chi connectivity index (χ0n) is 14.3. The van der Waals surface area contributed by atoms with E-state index in [2.05, 4.69) is 16.9 Å². The molecule has 1 atom stereocenters. The van der Waals surface area contributed by atoms with E-state index in [0.717, 1.165) is 0 Å². The van der Waals surface area contributed by atoms with Gasteiger partial charge in [0.05, 0.1) is 29.0 Å². The maximum atomic E-state index is 12.7. The van der Waals surface area contributed by atoms with Crippen molar-refractivity contribution in [2.24, 2.45) is 0 Å². The molecule has 7 heteroatoms. The molecule has 0 saturated heterocycles. The Kier molecular flexibility index (Phi) is 5.58. The van der Waals surface area contributed by atoms with Crippen LogP contribution >= 0.6 is 11.8 Å². The molecule has 0 aliphatic carbocycles. The zero-order valence-corrected chi connectivity index (χ0v) is 15.2. The number of hydrogen-bond acceptors (Lipinski definition) is 5. The van der Waals surface area contributed by atoms with E-state index in [1.165, 1.54) is 16.3 Å². The lowest BCUT2D eigenvalue weighted by atomic mass is 10.2. The van der Waals surface area contributed by atoms with Gasteiger partial charge in [0.25, 0.3) is 5.56 Å². The van der Waals surface area contributed by atoms with Crippen LogP contribution in [0.5, 0.6) is 0 Å². The van der Waals surface area contributed by atoms with Crippen LogP contribution in [-0.4, -0.2) is 20.7 Å². The van der Waals surface area contributed by atoms with E-state index >= 15 is 0 Å². The largest absolute Gasteiger partial charge is 0.467 e. The van der Waals surface area contributed by atoms with Crippen LogP contribution in [0.15, 0.2) is 69.7 Å². The fraction of sp³-hybridized carbons (Fsp3) is 0.211. The molecule has 0 radical (unpaired) electrons. The van der Waals surface area contributed by atoms with E-state index in [1.807, 2.05) is 6.07 Å². The maximum absolute atomic E-state index is 12.7. The summed E-state index contributed by atoms with van der Waals surface area (Å²) < 4.78 is 6.74. The molecule has 134 valence electrons. The molecule has 3 aromatic rings. The molecule has 1 unspecified atom stereocenters. The molecule has 0 aliphatic rings. The first-order chi connectivity index (χ1) is 12.6. The highest BCUT2D eigenvalue weighted by Gasteiger charge is 2.19. The summed E-state index contributed by atoms with van der Waals surface area (Å²) in [5, 5.41) is 3.44. The van der Waals surface area contributed by atoms with Gasteiger partial charge in [-0.3, -0.25) is 14.2 Å². The lowest BCUT2D eigenvalue weighted by molar-refractivity contribution is -0.120. The standard InChI is InChI=1S/C19H19N3O3S/c1-3-10-22-18(24)15-8-4-5-9-16(15)21-19(22)26-13(2)17(23)20-12-14-7-6-11-25-14/h3-9,11,13H,1,10,12H2,2H3,(H,20,23). The predicted molar refractivity (Wildman–Crippen MR) is 102 cm³/mol. The molecule has 26 heavy (non-hydrogen) atoms. The average Bonchev–Trinajstić information content (AvgIpc) is 3.16. The summed E-state index contributed by atoms with van der Waals surface area (Å²) >= 11 is 1.25. The smallest absolute Gasteiger partial charge is 0.262 e. The molecule has 6 nitrogen and oxygen atoms in total. The van der Waals surface area contributed by atoms with E-state index in [0.29, 0.717) is 34.9 Å². The Bertz CT molecular complexity index is 979. The Hall–Kier alpha value is -2.80. The summed E-state index contributed by atoms with van der Waals surface area (Å²) in [6.07, 6.45) is 3.20. The first-order valence-corrected chi connectivity index (χ1v) is 9.05. The quantitative estimate of drug-likeness (QED) is 0.394. The number of aromatic nitrogens is 2. The molecule has 0 bridgehead atoms. The third kappa shape index (κ3) is 3.88. The number of nitrogens with zero attached hydrogens (tertiary/aromatic N) is 2. The van der Waals surface area contributed by atoms with E-state index < -0.39 is 5.25 Å². The summed E-state index contributed by atoms with van der Waals surface area (Å²) in [7, 11) is 0. The lowest BCUT2D eigenvalue weighted by Crippen LogP contribution is -2.31. The van der Waals surface area contributed by atoms with Gasteiger partial charge in [-0.1, -0.05) is 30.0 Å². The second-order valence-electron chi connectivity index (χ2n) is 5.67. The first kappa shape index (κ1) is 18.0. The molecule has 2 heterocycles. The summed E-state index contributed by atoms with van der Waals surface area (Å²) in [6, 6.07) is 10.7. The van der Waals surface area contributed by atoms with Crippen molar-refractivity contribution in [2.75, 3.05) is 0 Å². The van der Waals surface area contributed by atoms with Crippen molar-refractivity contribution >= 4 is 28.6 Å². The number of thioether (sulfide) groups is 1. The fourth-order valence-electron chi connectivity index (χ4n) is 2.47. The second kappa shape index (κ2) is 8.05. The van der Waals surface area contributed by atoms with Gasteiger partial charge in [-0.15, -0.1) is 6.58 Å². The van der Waals surface area contributed by atoms with Gasteiger partial charge in [0, 0.05) is 6.54 Å². The number of fused-ring (bicyclic) bond motifs is 1. The number of para-hydroxylation sites is 1. The van der Waals surface area contributed by atoms with E-state index in [1.54, 1.807) is 49.6 Å². The topological polar surface area (TPSA) is 77.1 Å². The Morgan fingerprint density at radius 1 is 1.38 bits per heavy atom. The number of furan rings is 1. The normalized spacial score (nSPS) is 12.0. The number of allylic oxidation sites excluding steroid dienone is 1. The highest BCUT2D eigenvalue weighted by molar-refractivity contribution is 8.00. The monoisotopic (exact) mass is 369 g/mol. The van der Waals surface area contributed by atoms with Crippen LogP contribution in [-0.2, 0) is 17.9 Å². The summed E-state index contributed by atoms with van der Waals surface area (Å²) in [5.74, 6) is 0.530. The lowest BCUT2D eigenvalue weighted by Gasteiger charge is -2.15. The molecule has 0 fully saturated rings. The Morgan fingerprint density at radius 3 is 2.92 bits per heavy atom. The Morgan fingerprint density at radius 2 is 2.19 bits per heavy atom. The van der Waals surface area contributed by atoms with Crippen LogP contribution in [0, 0.1) is 0 Å². The molecule has 0 saturated carbocycles. The van der Waals surface area contributed by atoms with Crippen LogP contribution in [0.25, 0.3) is 10.9 Å². The van der Waals surface area contributed by atoms with Crippen LogP contribution in [0.1, 0.15) is 12.7 Å². The van der Waals surface area contributed by atoms with Gasteiger partial charge in [-0.05, 0) is 31.2 Å². The third-order valence-electron chi connectivity index (χ3n) is 3.81. The van der Waals surface area contributed by atoms with Crippen molar-refractivity contribution in [3.05, 3.63) is 71.4 Å². The van der Waals surface area contributed by atoms with Gasteiger partial charge in [0.2, 0.25) is 5.91 Å². The highest BCUT2D eigenvalue weighted by Crippen LogP contribution is 2.22. The van der Waals surface area contributed by atoms with E-state index in [4.69, 9.17) is 4.42 Å². The number of rotatable bonds is 7. The van der Waals surface area contributed by atoms with Crippen molar-refractivity contribution in [3.63, 3.8) is 0 Å². The fourth-order valence-corrected chi connectivity index (χ4v) is 3.41. The number of amides is 1. The number of carbonyl (C=O) groups is 1. The zero-order chi connectivity index (χ0) is 18.5. The van der Waals surface area contributed by atoms with Gasteiger partial charge in [0.1, 0.15) is 5.76 Å². The number of benzene rings is 1. The predicted octanol–water partition coefficient (Wildman–Crippen LogP) is 2.97. The van der Waals surface area contributed by atoms with Crippen LogP contribution < -0.4 is 10.9 Å². The minimum Gasteiger partial charge on any atom is -0.467 e. The van der Waals surface area contributed by atoms with Crippen LogP contribution in [0.4, 0.5) is 0 Å². The van der Waals surface area contributed by atoms with Crippen molar-refractivity contribution in [2.45, 2.75) is 30.4 Å². The molecule has 0 spiro atoms. The van der Waals surface area contributed by atoms with Gasteiger partial charge in [0.15, 0.2) is 5.16 Å². The molecule has 3 rings (SSSR count). The van der Waals surface area contributed by atoms with Gasteiger partial charge >= 0.3 is 0 Å². The van der Waals surface area contributed by atoms with E-state index in [9.17, 15) is 9.59 Å². The average molecular weight is 369 g/mol. The first-order valence-electron chi connectivity index (χ1n) is 8.17. The van der Waals surface area contributed by atoms with Crippen molar-refractivity contribution in [1.82, 2.24) is 14.9 Å². The SMILES string of the molecule is C=CCn1c(SC(C)C(=O)NCc2ccco2)nc2ccccc2c1=O. The molecule has 1 aromatic carbocycles. The summed E-state index contributed by atoms with van der Waals surface area (Å²) in [6.45, 7) is 6.14. The molecule has 0 aliphatic heterocycles. The van der Waals surface area contributed by atoms with Crippen molar-refractivity contribution < 1.29 is 9.21 Å². The highest BCUT2D eigenvalue weighted by atomic mass is 32.2. The second-order valence-corrected chi connectivity index (χ2v) is 6.98. The number of hydrogen-bond donors (Lipinski definition) is 1. The molecule has 2 aromatic heterocycles. The summed E-state index contributed by atoms with van der Waals surface area (Å²) in [4.78, 5) is 29.6. The number of nitrogens with one attached hydrogen (secondary N) is 1. The minimum atomic E-state index is -0.422. The van der Waals surface area contributed by atoms with E-state index in [-0.39, 0.29) is 11.5 Å². The minimum absolute atomic E-state index is 0.138. The molecule has 1 amide bonds. The summed E-state index contributed by atoms with van der Waals surface area (Å²) in [5.41, 5.74) is 0.477. The van der Waals surface area contributed by atoms with Gasteiger partial charge in [-0.25, -0.2) is 4.98 Å². The van der Waals surface area contributed by atoms with Crippen LogP contribution in [0.3, 0.4) is 0 Å². The molecular formula is C19H19N3O3S. The molecular weight excluding hydrogens is 350 g/mol. The Labute approximate surface area is 154 Å². The van der Waals surface area contributed by atoms with Crippen molar-refractivity contribution in [1.29, 1.82) is 0 Å².